The second kappa shape index (κ2) is 8.24. The number of aromatic nitrogens is 5. The molecule has 2 unspecified atom stereocenters. The van der Waals surface area contributed by atoms with Gasteiger partial charge < -0.3 is 14.8 Å². The standard InChI is InChI=1S/C20H24N6O2/c1-26-13-14(12-23-26)11-22-18-10-19(25-20(24-18)27-2)28-8-6-15-9-16(15)17-5-3-4-7-21-17/h3-5,7,10,12-13,15-16H,6,8-9,11H2,1-2H3,(H,22,24,25). The van der Waals surface area contributed by atoms with Gasteiger partial charge in [0.15, 0.2) is 0 Å². The van der Waals surface area contributed by atoms with E-state index in [-0.39, 0.29) is 6.01 Å². The first-order valence-electron chi connectivity index (χ1n) is 9.39. The molecule has 1 aliphatic rings. The number of rotatable bonds is 9. The Kier molecular flexibility index (Phi) is 5.36. The number of hydrogen-bond donors (Lipinski definition) is 1. The summed E-state index contributed by atoms with van der Waals surface area (Å²) in [6, 6.07) is 8.17. The van der Waals surface area contributed by atoms with E-state index in [1.54, 1.807) is 17.9 Å². The van der Waals surface area contributed by atoms with Gasteiger partial charge in [-0.25, -0.2) is 0 Å². The van der Waals surface area contributed by atoms with Crippen LogP contribution in [-0.2, 0) is 13.6 Å². The van der Waals surface area contributed by atoms with Gasteiger partial charge >= 0.3 is 6.01 Å². The van der Waals surface area contributed by atoms with Crippen LogP contribution in [0.25, 0.3) is 0 Å². The third-order valence-corrected chi connectivity index (χ3v) is 4.83. The molecule has 4 rings (SSSR count). The van der Waals surface area contributed by atoms with Crippen molar-refractivity contribution in [1.82, 2.24) is 24.7 Å². The molecule has 0 bridgehead atoms. The zero-order valence-electron chi connectivity index (χ0n) is 16.1. The van der Waals surface area contributed by atoms with Crippen molar-refractivity contribution in [3.63, 3.8) is 0 Å². The fourth-order valence-corrected chi connectivity index (χ4v) is 3.25. The third-order valence-electron chi connectivity index (χ3n) is 4.83. The monoisotopic (exact) mass is 380 g/mol. The predicted molar refractivity (Wildman–Crippen MR) is 104 cm³/mol. The van der Waals surface area contributed by atoms with E-state index in [4.69, 9.17) is 9.47 Å². The van der Waals surface area contributed by atoms with Crippen LogP contribution in [0.1, 0.15) is 30.0 Å². The molecule has 0 saturated heterocycles. The zero-order chi connectivity index (χ0) is 19.3. The largest absolute Gasteiger partial charge is 0.477 e. The van der Waals surface area contributed by atoms with Crippen LogP contribution in [0.15, 0.2) is 42.9 Å². The van der Waals surface area contributed by atoms with Crippen molar-refractivity contribution in [2.45, 2.75) is 25.3 Å². The first-order chi connectivity index (χ1) is 13.7. The number of hydrogen-bond acceptors (Lipinski definition) is 7. The maximum absolute atomic E-state index is 5.87. The predicted octanol–water partition coefficient (Wildman–Crippen LogP) is 2.80. The quantitative estimate of drug-likeness (QED) is 0.611. The summed E-state index contributed by atoms with van der Waals surface area (Å²) >= 11 is 0. The molecule has 3 aromatic heterocycles. The Labute approximate surface area is 164 Å². The molecule has 1 saturated carbocycles. The molecule has 0 amide bonds. The van der Waals surface area contributed by atoms with Gasteiger partial charge in [0.1, 0.15) is 5.82 Å². The highest BCUT2D eigenvalue weighted by molar-refractivity contribution is 5.40. The second-order valence-electron chi connectivity index (χ2n) is 6.95. The van der Waals surface area contributed by atoms with Gasteiger partial charge in [0, 0.05) is 49.2 Å². The molecule has 1 N–H and O–H groups in total. The van der Waals surface area contributed by atoms with Crippen LogP contribution < -0.4 is 14.8 Å². The Morgan fingerprint density at radius 2 is 2.21 bits per heavy atom. The highest BCUT2D eigenvalue weighted by atomic mass is 16.5. The van der Waals surface area contributed by atoms with Crippen molar-refractivity contribution < 1.29 is 9.47 Å². The summed E-state index contributed by atoms with van der Waals surface area (Å²) in [7, 11) is 3.44. The van der Waals surface area contributed by atoms with Gasteiger partial charge in [-0.05, 0) is 30.9 Å². The van der Waals surface area contributed by atoms with Crippen molar-refractivity contribution in [3.05, 3.63) is 54.1 Å². The Morgan fingerprint density at radius 1 is 1.29 bits per heavy atom. The maximum atomic E-state index is 5.87. The summed E-state index contributed by atoms with van der Waals surface area (Å²) in [6.45, 7) is 1.22. The van der Waals surface area contributed by atoms with Crippen LogP contribution in [0.5, 0.6) is 11.9 Å². The molecule has 3 aromatic rings. The zero-order valence-corrected chi connectivity index (χ0v) is 16.1. The van der Waals surface area contributed by atoms with Gasteiger partial charge in [-0.2, -0.15) is 15.1 Å². The van der Waals surface area contributed by atoms with Crippen molar-refractivity contribution in [1.29, 1.82) is 0 Å². The van der Waals surface area contributed by atoms with Crippen molar-refractivity contribution in [3.8, 4) is 11.9 Å². The molecule has 0 aliphatic heterocycles. The molecule has 8 heteroatoms. The SMILES string of the molecule is COc1nc(NCc2cnn(C)c2)cc(OCCC2CC2c2ccccn2)n1. The normalized spacial score (nSPS) is 17.9. The number of nitrogens with zero attached hydrogens (tertiary/aromatic N) is 5. The lowest BCUT2D eigenvalue weighted by molar-refractivity contribution is 0.282. The number of anilines is 1. The van der Waals surface area contributed by atoms with Crippen LogP contribution in [0.3, 0.4) is 0 Å². The molecule has 146 valence electrons. The number of pyridine rings is 1. The lowest BCUT2D eigenvalue weighted by atomic mass is 10.2. The van der Waals surface area contributed by atoms with Crippen LogP contribution >= 0.6 is 0 Å². The molecular formula is C20H24N6O2. The van der Waals surface area contributed by atoms with E-state index in [1.165, 1.54) is 12.1 Å². The summed E-state index contributed by atoms with van der Waals surface area (Å²) in [5.74, 6) is 2.35. The lowest BCUT2D eigenvalue weighted by Crippen LogP contribution is -2.06. The van der Waals surface area contributed by atoms with Crippen LogP contribution in [0.2, 0.25) is 0 Å². The maximum Gasteiger partial charge on any atom is 0.321 e. The summed E-state index contributed by atoms with van der Waals surface area (Å²) in [6.07, 6.45) is 7.78. The number of ether oxygens (including phenoxy) is 2. The van der Waals surface area contributed by atoms with E-state index >= 15 is 0 Å². The van der Waals surface area contributed by atoms with E-state index in [0.717, 1.165) is 12.0 Å². The summed E-state index contributed by atoms with van der Waals surface area (Å²) < 4.78 is 12.8. The van der Waals surface area contributed by atoms with Crippen molar-refractivity contribution in [2.75, 3.05) is 19.0 Å². The lowest BCUT2D eigenvalue weighted by Gasteiger charge is -2.10. The smallest absolute Gasteiger partial charge is 0.321 e. The Hall–Kier alpha value is -3.16. The minimum atomic E-state index is 0.281. The van der Waals surface area contributed by atoms with E-state index in [1.807, 2.05) is 37.8 Å². The highest BCUT2D eigenvalue weighted by Crippen LogP contribution is 2.48. The van der Waals surface area contributed by atoms with Crippen LogP contribution in [0, 0.1) is 5.92 Å². The molecule has 8 nitrogen and oxygen atoms in total. The summed E-state index contributed by atoms with van der Waals surface area (Å²) in [5.41, 5.74) is 2.25. The van der Waals surface area contributed by atoms with E-state index in [9.17, 15) is 0 Å². The Morgan fingerprint density at radius 3 is 2.96 bits per heavy atom. The van der Waals surface area contributed by atoms with Gasteiger partial charge in [0.05, 0.1) is 19.9 Å². The topological polar surface area (TPSA) is 87.0 Å². The molecule has 3 heterocycles. The Bertz CT molecular complexity index is 914. The second-order valence-corrected chi connectivity index (χ2v) is 6.95. The molecule has 28 heavy (non-hydrogen) atoms. The van der Waals surface area contributed by atoms with Crippen LogP contribution in [0.4, 0.5) is 5.82 Å². The van der Waals surface area contributed by atoms with Crippen LogP contribution in [-0.4, -0.2) is 38.4 Å². The van der Waals surface area contributed by atoms with Gasteiger partial charge in [0.25, 0.3) is 0 Å². The molecular weight excluding hydrogens is 356 g/mol. The highest BCUT2D eigenvalue weighted by Gasteiger charge is 2.38. The molecule has 2 atom stereocenters. The van der Waals surface area contributed by atoms with Gasteiger partial charge in [-0.15, -0.1) is 0 Å². The number of aryl methyl sites for hydroxylation is 1. The van der Waals surface area contributed by atoms with E-state index in [2.05, 4.69) is 31.4 Å². The van der Waals surface area contributed by atoms with Crippen molar-refractivity contribution >= 4 is 5.82 Å². The Balaban J connectivity index is 1.30. The minimum Gasteiger partial charge on any atom is -0.477 e. The van der Waals surface area contributed by atoms with Crippen molar-refractivity contribution in [2.24, 2.45) is 13.0 Å². The first kappa shape index (κ1) is 18.2. The van der Waals surface area contributed by atoms with Gasteiger partial charge in [0.2, 0.25) is 5.88 Å². The molecule has 0 radical (unpaired) electrons. The summed E-state index contributed by atoms with van der Waals surface area (Å²) in [5, 5.41) is 7.42. The molecule has 1 fully saturated rings. The summed E-state index contributed by atoms with van der Waals surface area (Å²) in [4.78, 5) is 13.0. The van der Waals surface area contributed by atoms with Gasteiger partial charge in [-0.1, -0.05) is 6.07 Å². The molecule has 1 aliphatic carbocycles. The molecule has 0 spiro atoms. The third kappa shape index (κ3) is 4.57. The number of nitrogens with one attached hydrogen (secondary N) is 1. The average molecular weight is 380 g/mol. The first-order valence-corrected chi connectivity index (χ1v) is 9.39. The van der Waals surface area contributed by atoms with Gasteiger partial charge in [-0.3, -0.25) is 9.67 Å². The minimum absolute atomic E-state index is 0.281. The number of methoxy groups -OCH3 is 1. The van der Waals surface area contributed by atoms with E-state index < -0.39 is 0 Å². The molecule has 0 aromatic carbocycles. The van der Waals surface area contributed by atoms with E-state index in [0.29, 0.717) is 36.7 Å². The fraction of sp³-hybridized carbons (Fsp3) is 0.400. The fourth-order valence-electron chi connectivity index (χ4n) is 3.25. The average Bonchev–Trinajstić information content (AvgIpc) is 3.38.